The Hall–Kier alpha value is -3.78. The average molecular weight is 536 g/mol. The van der Waals surface area contributed by atoms with E-state index >= 15 is 0 Å². The lowest BCUT2D eigenvalue weighted by atomic mass is 9.69. The largest absolute Gasteiger partial charge is 0.380 e. The van der Waals surface area contributed by atoms with Crippen LogP contribution in [-0.4, -0.2) is 39.8 Å². The van der Waals surface area contributed by atoms with Crippen molar-refractivity contribution in [3.8, 4) is 6.07 Å². The molecule has 2 aliphatic rings. The molecule has 2 N–H and O–H groups in total. The summed E-state index contributed by atoms with van der Waals surface area (Å²) in [7, 11) is 1.92. The fourth-order valence-corrected chi connectivity index (χ4v) is 5.19. The number of rotatable bonds is 7. The number of fused-ring (bicyclic) bond motifs is 1. The van der Waals surface area contributed by atoms with E-state index in [9.17, 15) is 18.4 Å². The zero-order valence-electron chi connectivity index (χ0n) is 20.3. The first kappa shape index (κ1) is 24.6. The van der Waals surface area contributed by atoms with Crippen LogP contribution in [0.2, 0.25) is 5.02 Å². The lowest BCUT2D eigenvalue weighted by Crippen LogP contribution is -2.44. The lowest BCUT2D eigenvalue weighted by Gasteiger charge is -2.36. The molecule has 2 aliphatic carbocycles. The smallest absolute Gasteiger partial charge is 0.252 e. The number of halogens is 4. The Morgan fingerprint density at radius 1 is 1.18 bits per heavy atom. The monoisotopic (exact) mass is 535 g/mol. The van der Waals surface area contributed by atoms with Gasteiger partial charge < -0.3 is 10.6 Å². The van der Waals surface area contributed by atoms with E-state index in [1.54, 1.807) is 24.3 Å². The summed E-state index contributed by atoms with van der Waals surface area (Å²) in [4.78, 5) is 4.35. The standard InChI is InChI=1S/C26H22BClF3N7/c27-26(15-1-3-16(29)4-2-15,22-13-38(37-36-22)19-5-6-19)35-17-7-20-23(34-18-9-25(30,31)10-18)14(11-32)12-33-24(20)21(28)8-17/h1-4,7-8,12-13,18-19,35H,5-6,9-10,27H2,(H,33,34). The van der Waals surface area contributed by atoms with Crippen LogP contribution in [0.3, 0.4) is 0 Å². The van der Waals surface area contributed by atoms with Gasteiger partial charge in [0, 0.05) is 36.2 Å². The Kier molecular flexibility index (Phi) is 5.76. The molecule has 1 unspecified atom stereocenters. The van der Waals surface area contributed by atoms with Crippen LogP contribution >= 0.6 is 11.6 Å². The van der Waals surface area contributed by atoms with E-state index in [0.29, 0.717) is 39.0 Å². The van der Waals surface area contributed by atoms with E-state index in [1.165, 1.54) is 18.3 Å². The number of nitrogens with one attached hydrogen (secondary N) is 2. The highest BCUT2D eigenvalue weighted by Crippen LogP contribution is 2.42. The van der Waals surface area contributed by atoms with Crippen LogP contribution in [0, 0.1) is 17.1 Å². The van der Waals surface area contributed by atoms with E-state index in [0.717, 1.165) is 18.4 Å². The van der Waals surface area contributed by atoms with Gasteiger partial charge in [0.25, 0.3) is 5.92 Å². The fourth-order valence-electron chi connectivity index (χ4n) is 4.92. The third-order valence-corrected chi connectivity index (χ3v) is 7.53. The molecule has 0 bridgehead atoms. The Labute approximate surface area is 222 Å². The van der Waals surface area contributed by atoms with Crippen LogP contribution in [0.25, 0.3) is 10.9 Å². The molecule has 0 radical (unpaired) electrons. The SMILES string of the molecule is BC(Nc1cc(Cl)c2ncc(C#N)c(NC3CC(F)(F)C3)c2c1)(c1ccc(F)cc1)c1cn(C2CC2)nn1. The molecule has 2 saturated carbocycles. The maximum Gasteiger partial charge on any atom is 0.252 e. The van der Waals surface area contributed by atoms with Crippen molar-refractivity contribution in [2.24, 2.45) is 0 Å². The van der Waals surface area contributed by atoms with Gasteiger partial charge in [-0.25, -0.2) is 17.9 Å². The number of benzene rings is 2. The molecule has 6 rings (SSSR count). The molecule has 7 nitrogen and oxygen atoms in total. The summed E-state index contributed by atoms with van der Waals surface area (Å²) >= 11 is 6.64. The van der Waals surface area contributed by atoms with Gasteiger partial charge in [0.2, 0.25) is 0 Å². The first-order chi connectivity index (χ1) is 18.1. The second-order valence-electron chi connectivity index (χ2n) is 10.2. The van der Waals surface area contributed by atoms with Crippen molar-refractivity contribution in [1.82, 2.24) is 20.0 Å². The fraction of sp³-hybridized carbons (Fsp3) is 0.308. The quantitative estimate of drug-likeness (QED) is 0.324. The topological polar surface area (TPSA) is 91.5 Å². The van der Waals surface area contributed by atoms with Gasteiger partial charge in [0.1, 0.15) is 25.4 Å². The first-order valence-corrected chi connectivity index (χ1v) is 12.7. The molecule has 0 saturated heterocycles. The second kappa shape index (κ2) is 8.91. The van der Waals surface area contributed by atoms with Crippen molar-refractivity contribution in [3.05, 3.63) is 76.5 Å². The van der Waals surface area contributed by atoms with Crippen LogP contribution < -0.4 is 10.6 Å². The minimum Gasteiger partial charge on any atom is -0.380 e. The third kappa shape index (κ3) is 4.43. The molecule has 2 fully saturated rings. The predicted octanol–water partition coefficient (Wildman–Crippen LogP) is 4.98. The van der Waals surface area contributed by atoms with Gasteiger partial charge in [-0.3, -0.25) is 4.98 Å². The molecule has 0 aliphatic heterocycles. The van der Waals surface area contributed by atoms with Crippen molar-refractivity contribution in [2.45, 2.75) is 49.1 Å². The molecule has 38 heavy (non-hydrogen) atoms. The summed E-state index contributed by atoms with van der Waals surface area (Å²) in [5.41, 5.74) is 2.11. The summed E-state index contributed by atoms with van der Waals surface area (Å²) in [6, 6.07) is 11.6. The van der Waals surface area contributed by atoms with E-state index in [2.05, 4.69) is 32.0 Å². The zero-order chi connectivity index (χ0) is 26.7. The Morgan fingerprint density at radius 3 is 2.58 bits per heavy atom. The lowest BCUT2D eigenvalue weighted by molar-refractivity contribution is -0.0793. The van der Waals surface area contributed by atoms with Crippen molar-refractivity contribution in [1.29, 1.82) is 5.26 Å². The number of aromatic nitrogens is 4. The van der Waals surface area contributed by atoms with Gasteiger partial charge >= 0.3 is 0 Å². The van der Waals surface area contributed by atoms with Gasteiger partial charge in [-0.2, -0.15) is 5.26 Å². The minimum atomic E-state index is -2.72. The number of anilines is 2. The van der Waals surface area contributed by atoms with Gasteiger partial charge in [-0.05, 0) is 42.7 Å². The van der Waals surface area contributed by atoms with E-state index in [1.807, 2.05) is 18.7 Å². The molecule has 0 amide bonds. The molecule has 12 heteroatoms. The van der Waals surface area contributed by atoms with Crippen molar-refractivity contribution in [2.75, 3.05) is 10.6 Å². The summed E-state index contributed by atoms with van der Waals surface area (Å²) in [6.07, 6.45) is 4.73. The van der Waals surface area contributed by atoms with Gasteiger partial charge in [0.05, 0.1) is 39.5 Å². The normalized spacial score (nSPS) is 18.4. The summed E-state index contributed by atoms with van der Waals surface area (Å²) in [6.45, 7) is 0. The number of pyridine rings is 1. The van der Waals surface area contributed by atoms with Gasteiger partial charge in [-0.15, -0.1) is 5.10 Å². The zero-order valence-corrected chi connectivity index (χ0v) is 21.1. The van der Waals surface area contributed by atoms with E-state index < -0.39 is 17.4 Å². The Bertz CT molecular complexity index is 1570. The van der Waals surface area contributed by atoms with E-state index in [4.69, 9.17) is 11.6 Å². The Morgan fingerprint density at radius 2 is 1.92 bits per heavy atom. The van der Waals surface area contributed by atoms with Crippen molar-refractivity contribution in [3.63, 3.8) is 0 Å². The molecule has 1 atom stereocenters. The Balaban J connectivity index is 1.44. The summed E-state index contributed by atoms with van der Waals surface area (Å²) < 4.78 is 42.7. The van der Waals surface area contributed by atoms with Crippen molar-refractivity contribution >= 4 is 41.7 Å². The third-order valence-electron chi connectivity index (χ3n) is 7.24. The van der Waals surface area contributed by atoms with Crippen LogP contribution in [0.5, 0.6) is 0 Å². The summed E-state index contributed by atoms with van der Waals surface area (Å²) in [5.74, 6) is -3.08. The molecular weight excluding hydrogens is 514 g/mol. The molecule has 2 aromatic carbocycles. The number of alkyl halides is 2. The highest BCUT2D eigenvalue weighted by molar-refractivity contribution is 6.36. The second-order valence-corrected chi connectivity index (χ2v) is 10.6. The molecule has 4 aromatic rings. The van der Waals surface area contributed by atoms with Crippen LogP contribution in [0.15, 0.2) is 48.8 Å². The highest BCUT2D eigenvalue weighted by atomic mass is 35.5. The number of hydrogen-bond acceptors (Lipinski definition) is 6. The summed E-state index contributed by atoms with van der Waals surface area (Å²) in [5, 5.41) is 25.9. The number of hydrogen-bond donors (Lipinski definition) is 2. The van der Waals surface area contributed by atoms with Crippen LogP contribution in [0.4, 0.5) is 24.5 Å². The molecular formula is C26H22BClF3N7. The first-order valence-electron chi connectivity index (χ1n) is 12.3. The maximum absolute atomic E-state index is 13.8. The minimum absolute atomic E-state index is 0.231. The maximum atomic E-state index is 13.8. The van der Waals surface area contributed by atoms with Crippen LogP contribution in [-0.2, 0) is 5.44 Å². The average Bonchev–Trinajstić information content (AvgIpc) is 3.59. The van der Waals surface area contributed by atoms with E-state index in [-0.39, 0.29) is 24.2 Å². The number of nitriles is 1. The molecule has 0 spiro atoms. The van der Waals surface area contributed by atoms with Crippen LogP contribution in [0.1, 0.15) is 48.5 Å². The molecule has 2 aromatic heterocycles. The van der Waals surface area contributed by atoms with Gasteiger partial charge in [-0.1, -0.05) is 28.9 Å². The number of nitrogens with zero attached hydrogens (tertiary/aromatic N) is 5. The predicted molar refractivity (Wildman–Crippen MR) is 141 cm³/mol. The highest BCUT2D eigenvalue weighted by Gasteiger charge is 2.45. The molecule has 2 heterocycles. The molecule has 192 valence electrons. The van der Waals surface area contributed by atoms with Crippen molar-refractivity contribution < 1.29 is 13.2 Å². The van der Waals surface area contributed by atoms with Gasteiger partial charge in [0.15, 0.2) is 0 Å².